The molecule has 1 aliphatic rings. The van der Waals surface area contributed by atoms with Gasteiger partial charge in [0.2, 0.25) is 0 Å². The van der Waals surface area contributed by atoms with Gasteiger partial charge in [0.1, 0.15) is 11.5 Å². The zero-order valence-electron chi connectivity index (χ0n) is 16.5. The third-order valence-electron chi connectivity index (χ3n) is 4.76. The average molecular weight is 476 g/mol. The summed E-state index contributed by atoms with van der Waals surface area (Å²) in [6.07, 6.45) is 2.29. The first-order valence-electron chi connectivity index (χ1n) is 8.99. The molecule has 1 saturated heterocycles. The molecule has 7 heteroatoms. The maximum Gasteiger partial charge on any atom is 0.191 e. The van der Waals surface area contributed by atoms with Gasteiger partial charge in [-0.15, -0.1) is 24.0 Å². The molecule has 0 saturated carbocycles. The number of likely N-dealkylation sites (tertiary alicyclic amines) is 1. The Bertz CT molecular complexity index is 573. The van der Waals surface area contributed by atoms with Gasteiger partial charge in [-0.1, -0.05) is 0 Å². The predicted molar refractivity (Wildman–Crippen MR) is 118 cm³/mol. The molecule has 0 spiro atoms. The van der Waals surface area contributed by atoms with E-state index in [1.54, 1.807) is 14.2 Å². The van der Waals surface area contributed by atoms with Gasteiger partial charge >= 0.3 is 0 Å². The minimum atomic E-state index is 0. The lowest BCUT2D eigenvalue weighted by molar-refractivity contribution is 0.167. The number of benzene rings is 1. The van der Waals surface area contributed by atoms with Gasteiger partial charge < -0.3 is 25.0 Å². The fraction of sp³-hybridized carbons (Fsp3) is 0.632. The van der Waals surface area contributed by atoms with Crippen molar-refractivity contribution in [3.05, 3.63) is 23.8 Å². The molecule has 1 aromatic carbocycles. The molecular weight excluding hydrogens is 443 g/mol. The van der Waals surface area contributed by atoms with Crippen molar-refractivity contribution in [2.75, 3.05) is 34.4 Å². The van der Waals surface area contributed by atoms with Crippen LogP contribution in [0, 0.1) is 0 Å². The van der Waals surface area contributed by atoms with Crippen LogP contribution in [-0.2, 0) is 6.54 Å². The summed E-state index contributed by atoms with van der Waals surface area (Å²) < 4.78 is 10.7. The molecule has 1 fully saturated rings. The number of hydrogen-bond donors (Lipinski definition) is 2. The molecule has 2 N–H and O–H groups in total. The highest BCUT2D eigenvalue weighted by Gasteiger charge is 2.21. The molecule has 1 heterocycles. The normalized spacial score (nSPS) is 16.2. The van der Waals surface area contributed by atoms with Crippen LogP contribution in [0.25, 0.3) is 0 Å². The van der Waals surface area contributed by atoms with E-state index in [4.69, 9.17) is 9.47 Å². The molecule has 0 radical (unpaired) electrons. The zero-order chi connectivity index (χ0) is 18.2. The van der Waals surface area contributed by atoms with Crippen molar-refractivity contribution in [1.82, 2.24) is 15.5 Å². The fourth-order valence-electron chi connectivity index (χ4n) is 3.13. The largest absolute Gasteiger partial charge is 0.497 e. The topological polar surface area (TPSA) is 58.1 Å². The minimum absolute atomic E-state index is 0. The van der Waals surface area contributed by atoms with E-state index >= 15 is 0 Å². The minimum Gasteiger partial charge on any atom is -0.497 e. The second kappa shape index (κ2) is 11.5. The molecule has 0 bridgehead atoms. The highest BCUT2D eigenvalue weighted by Crippen LogP contribution is 2.24. The maximum absolute atomic E-state index is 5.45. The van der Waals surface area contributed by atoms with E-state index in [9.17, 15) is 0 Å². The Morgan fingerprint density at radius 3 is 2.46 bits per heavy atom. The molecular formula is C19H33IN4O2. The highest BCUT2D eigenvalue weighted by atomic mass is 127. The molecule has 0 aromatic heterocycles. The monoisotopic (exact) mass is 476 g/mol. The Balaban J connectivity index is 0.00000338. The van der Waals surface area contributed by atoms with Crippen molar-refractivity contribution in [3.8, 4) is 11.5 Å². The summed E-state index contributed by atoms with van der Waals surface area (Å²) in [5.74, 6) is 2.44. The average Bonchev–Trinajstić information content (AvgIpc) is 2.65. The van der Waals surface area contributed by atoms with Crippen molar-refractivity contribution in [2.45, 2.75) is 45.3 Å². The molecule has 0 aliphatic carbocycles. The molecule has 0 amide bonds. The van der Waals surface area contributed by atoms with E-state index in [0.29, 0.717) is 18.6 Å². The van der Waals surface area contributed by atoms with Crippen LogP contribution in [0.2, 0.25) is 0 Å². The van der Waals surface area contributed by atoms with Crippen LogP contribution >= 0.6 is 24.0 Å². The standard InChI is InChI=1S/C19H32N4O2.HI/c1-14(2)23-10-8-16(9-11-23)22-19(20-3)21-13-15-6-7-17(24-4)12-18(15)25-5;/h6-7,12,14,16H,8-11,13H2,1-5H3,(H2,20,21,22);1H. The predicted octanol–water partition coefficient (Wildman–Crippen LogP) is 2.86. The maximum atomic E-state index is 5.45. The second-order valence-electron chi connectivity index (χ2n) is 6.65. The summed E-state index contributed by atoms with van der Waals surface area (Å²) in [5, 5.41) is 6.93. The number of nitrogens with one attached hydrogen (secondary N) is 2. The zero-order valence-corrected chi connectivity index (χ0v) is 18.9. The number of ether oxygens (including phenoxy) is 2. The number of piperidine rings is 1. The Morgan fingerprint density at radius 1 is 1.23 bits per heavy atom. The van der Waals surface area contributed by atoms with Crippen LogP contribution in [0.15, 0.2) is 23.2 Å². The van der Waals surface area contributed by atoms with Crippen LogP contribution in [0.5, 0.6) is 11.5 Å². The van der Waals surface area contributed by atoms with Crippen molar-refractivity contribution in [1.29, 1.82) is 0 Å². The van der Waals surface area contributed by atoms with Gasteiger partial charge in [-0.05, 0) is 38.8 Å². The summed E-state index contributed by atoms with van der Waals surface area (Å²) in [6, 6.07) is 6.95. The third kappa shape index (κ3) is 6.50. The van der Waals surface area contributed by atoms with Crippen molar-refractivity contribution in [3.63, 3.8) is 0 Å². The second-order valence-corrected chi connectivity index (χ2v) is 6.65. The number of nitrogens with zero attached hydrogens (tertiary/aromatic N) is 2. The number of halogens is 1. The van der Waals surface area contributed by atoms with E-state index in [1.165, 1.54) is 0 Å². The molecule has 1 aliphatic heterocycles. The van der Waals surface area contributed by atoms with Crippen molar-refractivity contribution < 1.29 is 9.47 Å². The van der Waals surface area contributed by atoms with E-state index in [-0.39, 0.29) is 24.0 Å². The summed E-state index contributed by atoms with van der Waals surface area (Å²) >= 11 is 0. The molecule has 6 nitrogen and oxygen atoms in total. The molecule has 2 rings (SSSR count). The first-order chi connectivity index (χ1) is 12.1. The Morgan fingerprint density at radius 2 is 1.92 bits per heavy atom. The Kier molecular flexibility index (Phi) is 10.1. The van der Waals surface area contributed by atoms with Crippen molar-refractivity contribution in [2.24, 2.45) is 4.99 Å². The van der Waals surface area contributed by atoms with Crippen LogP contribution in [0.1, 0.15) is 32.3 Å². The van der Waals surface area contributed by atoms with Crippen LogP contribution in [-0.4, -0.2) is 57.3 Å². The highest BCUT2D eigenvalue weighted by molar-refractivity contribution is 14.0. The van der Waals surface area contributed by atoms with Gasteiger partial charge in [0, 0.05) is 50.4 Å². The number of methoxy groups -OCH3 is 2. The summed E-state index contributed by atoms with van der Waals surface area (Å²) in [6.45, 7) is 7.45. The van der Waals surface area contributed by atoms with Gasteiger partial charge in [0.05, 0.1) is 14.2 Å². The summed E-state index contributed by atoms with van der Waals surface area (Å²) in [7, 11) is 5.14. The van der Waals surface area contributed by atoms with E-state index in [1.807, 2.05) is 25.2 Å². The van der Waals surface area contributed by atoms with Crippen LogP contribution in [0.4, 0.5) is 0 Å². The number of rotatable bonds is 6. The lowest BCUT2D eigenvalue weighted by atomic mass is 10.0. The molecule has 1 aromatic rings. The molecule has 0 atom stereocenters. The fourth-order valence-corrected chi connectivity index (χ4v) is 3.13. The van der Waals surface area contributed by atoms with Gasteiger partial charge in [-0.3, -0.25) is 4.99 Å². The number of aliphatic imine (C=N–C) groups is 1. The first kappa shape index (κ1) is 22.8. The summed E-state index contributed by atoms with van der Waals surface area (Å²) in [5.41, 5.74) is 1.07. The number of hydrogen-bond acceptors (Lipinski definition) is 4. The van der Waals surface area contributed by atoms with Gasteiger partial charge in [-0.2, -0.15) is 0 Å². The molecule has 0 unspecified atom stereocenters. The van der Waals surface area contributed by atoms with E-state index in [0.717, 1.165) is 49.0 Å². The quantitative estimate of drug-likeness (QED) is 0.376. The van der Waals surface area contributed by atoms with Gasteiger partial charge in [0.25, 0.3) is 0 Å². The first-order valence-corrected chi connectivity index (χ1v) is 8.99. The van der Waals surface area contributed by atoms with Gasteiger partial charge in [-0.25, -0.2) is 0 Å². The van der Waals surface area contributed by atoms with E-state index < -0.39 is 0 Å². The Labute approximate surface area is 174 Å². The smallest absolute Gasteiger partial charge is 0.191 e. The van der Waals surface area contributed by atoms with E-state index in [2.05, 4.69) is 34.4 Å². The lowest BCUT2D eigenvalue weighted by Crippen LogP contribution is -2.49. The number of guanidine groups is 1. The SMILES string of the molecule is CN=C(NCc1ccc(OC)cc1OC)NC1CCN(C(C)C)CC1.I. The van der Waals surface area contributed by atoms with Gasteiger partial charge in [0.15, 0.2) is 5.96 Å². The molecule has 148 valence electrons. The Hall–Kier alpha value is -1.22. The van der Waals surface area contributed by atoms with Crippen LogP contribution in [0.3, 0.4) is 0 Å². The van der Waals surface area contributed by atoms with Crippen LogP contribution < -0.4 is 20.1 Å². The lowest BCUT2D eigenvalue weighted by Gasteiger charge is -2.35. The summed E-state index contributed by atoms with van der Waals surface area (Å²) in [4.78, 5) is 6.88. The molecule has 26 heavy (non-hydrogen) atoms. The third-order valence-corrected chi connectivity index (χ3v) is 4.76. The van der Waals surface area contributed by atoms with Crippen molar-refractivity contribution >= 4 is 29.9 Å².